The Morgan fingerprint density at radius 1 is 0.703 bits per heavy atom. The molecule has 190 valence electrons. The summed E-state index contributed by atoms with van der Waals surface area (Å²) < 4.78 is 6.18. The molecule has 1 aliphatic rings. The first-order chi connectivity index (χ1) is 18.0. The maximum atomic E-state index is 6.18. The summed E-state index contributed by atoms with van der Waals surface area (Å²) in [7, 11) is -2.28. The Hall–Kier alpha value is -2.99. The quantitative estimate of drug-likeness (QED) is 0.171. The van der Waals surface area contributed by atoms with Crippen molar-refractivity contribution >= 4 is 23.2 Å². The van der Waals surface area contributed by atoms with Gasteiger partial charge in [0.1, 0.15) is 0 Å². The average molecular weight is 507 g/mol. The fourth-order valence-corrected chi connectivity index (χ4v) is 11.1. The molecule has 0 amide bonds. The average Bonchev–Trinajstić information content (AvgIpc) is 2.95. The van der Waals surface area contributed by atoms with E-state index < -0.39 is 7.26 Å². The van der Waals surface area contributed by atoms with Crippen LogP contribution in [0.3, 0.4) is 0 Å². The van der Waals surface area contributed by atoms with Crippen LogP contribution in [0.5, 0.6) is 0 Å². The molecular weight excluding hydrogens is 467 g/mol. The van der Waals surface area contributed by atoms with Crippen LogP contribution < -0.4 is 15.9 Å². The third kappa shape index (κ3) is 5.22. The molecule has 1 nitrogen and oxygen atoms in total. The topological polar surface area (TPSA) is 9.23 Å². The second kappa shape index (κ2) is 11.2. The van der Waals surface area contributed by atoms with Crippen LogP contribution in [0.4, 0.5) is 0 Å². The molecule has 0 N–H and O–H groups in total. The fourth-order valence-electron chi connectivity index (χ4n) is 6.24. The third-order valence-corrected chi connectivity index (χ3v) is 13.5. The number of benzene rings is 4. The van der Waals surface area contributed by atoms with Gasteiger partial charge in [0.15, 0.2) is 0 Å². The summed E-state index contributed by atoms with van der Waals surface area (Å²) >= 11 is 0. The van der Waals surface area contributed by atoms with Crippen LogP contribution in [0.25, 0.3) is 0 Å². The summed E-state index contributed by atoms with van der Waals surface area (Å²) in [6.07, 6.45) is 2.23. The summed E-state index contributed by atoms with van der Waals surface area (Å²) in [6, 6.07) is 44.3. The van der Waals surface area contributed by atoms with Gasteiger partial charge in [0.2, 0.25) is 0 Å². The van der Waals surface area contributed by atoms with E-state index in [4.69, 9.17) is 4.74 Å². The maximum absolute atomic E-state index is 6.18. The molecule has 5 rings (SSSR count). The molecule has 0 aromatic heterocycles. The Balaban J connectivity index is 1.46. The Morgan fingerprint density at radius 2 is 1.14 bits per heavy atom. The molecule has 0 aliphatic heterocycles. The van der Waals surface area contributed by atoms with Gasteiger partial charge in [-0.05, 0) is 0 Å². The first kappa shape index (κ1) is 25.7. The van der Waals surface area contributed by atoms with E-state index in [9.17, 15) is 0 Å². The number of allylic oxidation sites excluding steroid dienone is 2. The molecule has 2 heteroatoms. The zero-order chi connectivity index (χ0) is 25.7. The van der Waals surface area contributed by atoms with Gasteiger partial charge in [0.05, 0.1) is 0 Å². The van der Waals surface area contributed by atoms with Gasteiger partial charge in [-0.25, -0.2) is 0 Å². The van der Waals surface area contributed by atoms with E-state index in [-0.39, 0.29) is 5.41 Å². The van der Waals surface area contributed by atoms with Crippen molar-refractivity contribution in [3.63, 3.8) is 0 Å². The number of ether oxygens (including phenoxy) is 1. The number of hydrogen-bond donors (Lipinski definition) is 0. The molecule has 4 aromatic carbocycles. The van der Waals surface area contributed by atoms with E-state index in [0.717, 1.165) is 19.2 Å². The molecule has 1 fully saturated rings. The van der Waals surface area contributed by atoms with Crippen LogP contribution >= 0.6 is 7.26 Å². The first-order valence-electron chi connectivity index (χ1n) is 13.5. The van der Waals surface area contributed by atoms with Crippen LogP contribution in [-0.2, 0) is 11.3 Å². The standard InChI is InChI=1S/C35H39OP/c1-28(34-24-30(35(34,2)3)26-36-25-29-16-8-4-9-17-29)27-37(31-18-10-5-11-19-31,32-20-12-6-13-21-32)33-22-14-7-15-23-33/h4-23,30,37H,24-27H2,1-3H3. The minimum atomic E-state index is -2.28. The Labute approximate surface area is 223 Å². The van der Waals surface area contributed by atoms with Gasteiger partial charge in [0, 0.05) is 0 Å². The van der Waals surface area contributed by atoms with Crippen molar-refractivity contribution in [1.82, 2.24) is 0 Å². The van der Waals surface area contributed by atoms with E-state index in [1.807, 2.05) is 0 Å². The molecule has 1 atom stereocenters. The molecule has 0 spiro atoms. The molecular formula is C35H39OP. The predicted molar refractivity (Wildman–Crippen MR) is 162 cm³/mol. The summed E-state index contributed by atoms with van der Waals surface area (Å²) in [4.78, 5) is 0. The number of rotatable bonds is 9. The normalized spacial score (nSPS) is 18.6. The predicted octanol–water partition coefficient (Wildman–Crippen LogP) is 7.29. The van der Waals surface area contributed by atoms with Crippen molar-refractivity contribution in [1.29, 1.82) is 0 Å². The van der Waals surface area contributed by atoms with E-state index in [1.165, 1.54) is 21.5 Å². The van der Waals surface area contributed by atoms with Gasteiger partial charge in [-0.3, -0.25) is 0 Å². The van der Waals surface area contributed by atoms with Crippen LogP contribution in [0.1, 0.15) is 32.8 Å². The number of hydrogen-bond acceptors (Lipinski definition) is 1. The molecule has 4 aromatic rings. The zero-order valence-electron chi connectivity index (χ0n) is 22.4. The molecule has 0 heterocycles. The molecule has 0 saturated heterocycles. The van der Waals surface area contributed by atoms with Gasteiger partial charge in [-0.2, -0.15) is 0 Å². The van der Waals surface area contributed by atoms with Gasteiger partial charge < -0.3 is 0 Å². The van der Waals surface area contributed by atoms with Crippen LogP contribution in [0, 0.1) is 11.3 Å². The SMILES string of the molecule is CC(C[PH](c1ccccc1)(c1ccccc1)c1ccccc1)=C1CC(COCc2ccccc2)C1(C)C. The molecule has 37 heavy (non-hydrogen) atoms. The first-order valence-corrected chi connectivity index (χ1v) is 15.7. The van der Waals surface area contributed by atoms with E-state index in [2.05, 4.69) is 142 Å². The van der Waals surface area contributed by atoms with Crippen LogP contribution in [0.2, 0.25) is 0 Å². The monoisotopic (exact) mass is 506 g/mol. The second-order valence-electron chi connectivity index (χ2n) is 11.1. The van der Waals surface area contributed by atoms with Crippen LogP contribution in [0.15, 0.2) is 132 Å². The van der Waals surface area contributed by atoms with E-state index >= 15 is 0 Å². The molecule has 0 bridgehead atoms. The molecule has 1 saturated carbocycles. The van der Waals surface area contributed by atoms with Crippen molar-refractivity contribution in [2.45, 2.75) is 33.8 Å². The van der Waals surface area contributed by atoms with Crippen LogP contribution in [-0.4, -0.2) is 12.8 Å². The van der Waals surface area contributed by atoms with Crippen molar-refractivity contribution in [2.75, 3.05) is 12.8 Å². The van der Waals surface area contributed by atoms with Crippen molar-refractivity contribution in [3.8, 4) is 0 Å². The molecule has 1 aliphatic carbocycles. The van der Waals surface area contributed by atoms with Gasteiger partial charge in [0.25, 0.3) is 0 Å². The Morgan fingerprint density at radius 3 is 1.57 bits per heavy atom. The van der Waals surface area contributed by atoms with Crippen molar-refractivity contribution < 1.29 is 4.74 Å². The Kier molecular flexibility index (Phi) is 7.75. The molecule has 0 radical (unpaired) electrons. The van der Waals surface area contributed by atoms with Crippen molar-refractivity contribution in [2.24, 2.45) is 11.3 Å². The minimum absolute atomic E-state index is 0.158. The van der Waals surface area contributed by atoms with Crippen molar-refractivity contribution in [3.05, 3.63) is 138 Å². The summed E-state index contributed by atoms with van der Waals surface area (Å²) in [5.74, 6) is 0.558. The van der Waals surface area contributed by atoms with E-state index in [1.54, 1.807) is 11.1 Å². The summed E-state index contributed by atoms with van der Waals surface area (Å²) in [5, 5.41) is 4.44. The van der Waals surface area contributed by atoms with Gasteiger partial charge >= 0.3 is 224 Å². The second-order valence-corrected chi connectivity index (χ2v) is 15.0. The summed E-state index contributed by atoms with van der Waals surface area (Å²) in [6.45, 7) is 8.74. The van der Waals surface area contributed by atoms with E-state index in [0.29, 0.717) is 12.5 Å². The fraction of sp³-hybridized carbons (Fsp3) is 0.257. The third-order valence-electron chi connectivity index (χ3n) is 8.52. The zero-order valence-corrected chi connectivity index (χ0v) is 23.4. The summed E-state index contributed by atoms with van der Waals surface area (Å²) in [5.41, 5.74) is 4.59. The molecule has 1 unspecified atom stereocenters. The Bertz CT molecular complexity index is 1210. The van der Waals surface area contributed by atoms with Gasteiger partial charge in [-0.1, -0.05) is 0 Å². The van der Waals surface area contributed by atoms with Gasteiger partial charge in [-0.15, -0.1) is 0 Å².